The summed E-state index contributed by atoms with van der Waals surface area (Å²) in [5.74, 6) is -0.803. The molecule has 0 aliphatic heterocycles. The summed E-state index contributed by atoms with van der Waals surface area (Å²) >= 11 is 0. The highest BCUT2D eigenvalue weighted by Gasteiger charge is 2.33. The van der Waals surface area contributed by atoms with Gasteiger partial charge in [-0.05, 0) is 6.42 Å². The lowest BCUT2D eigenvalue weighted by Gasteiger charge is -2.24. The summed E-state index contributed by atoms with van der Waals surface area (Å²) in [6.45, 7) is 1.77. The van der Waals surface area contributed by atoms with Gasteiger partial charge < -0.3 is 30.8 Å². The molecule has 7 nitrogen and oxygen atoms in total. The number of aliphatic hydroxyl groups is 5. The maximum Gasteiger partial charge on any atom is 0.251 e. The second-order valence-electron chi connectivity index (χ2n) is 5.59. The Hall–Kier alpha value is -0.730. The molecule has 0 rings (SSSR count). The van der Waals surface area contributed by atoms with E-state index in [1.54, 1.807) is 0 Å². The Morgan fingerprint density at radius 1 is 0.909 bits per heavy atom. The highest BCUT2D eigenvalue weighted by Crippen LogP contribution is 2.07. The highest BCUT2D eigenvalue weighted by atomic mass is 16.4. The lowest BCUT2D eigenvalue weighted by atomic mass is 10.0. The standard InChI is InChI=1S/C15H31NO6/c1-2-3-4-5-6-7-8-9-16-15(22)14(21)13(20)12(19)11(18)10-17/h11-14,17-21H,2-10H2,1H3,(H,16,22)/t11-,12-,13-,14+/m1/s1. The first kappa shape index (κ1) is 21.3. The Bertz CT molecular complexity index is 289. The molecule has 0 saturated heterocycles. The molecule has 22 heavy (non-hydrogen) atoms. The number of nitrogens with one attached hydrogen (secondary N) is 1. The van der Waals surface area contributed by atoms with Crippen LogP contribution < -0.4 is 5.32 Å². The van der Waals surface area contributed by atoms with E-state index in [0.717, 1.165) is 19.3 Å². The molecule has 0 saturated carbocycles. The number of rotatable bonds is 13. The average molecular weight is 321 g/mol. The summed E-state index contributed by atoms with van der Waals surface area (Å²) < 4.78 is 0. The number of carbonyl (C=O) groups excluding carboxylic acids is 1. The summed E-state index contributed by atoms with van der Waals surface area (Å²) in [7, 11) is 0. The number of amides is 1. The average Bonchev–Trinajstić information content (AvgIpc) is 2.54. The Balaban J connectivity index is 3.82. The molecule has 132 valence electrons. The van der Waals surface area contributed by atoms with Crippen LogP contribution in [0.5, 0.6) is 0 Å². The molecule has 6 N–H and O–H groups in total. The second-order valence-corrected chi connectivity index (χ2v) is 5.59. The third-order valence-electron chi connectivity index (χ3n) is 3.60. The SMILES string of the molecule is CCCCCCCCCNC(=O)[C@@H](O)[C@H](O)[C@H](O)[C@H](O)CO. The quantitative estimate of drug-likeness (QED) is 0.249. The molecule has 0 fully saturated rings. The van der Waals surface area contributed by atoms with Crippen LogP contribution in [0.4, 0.5) is 0 Å². The van der Waals surface area contributed by atoms with Gasteiger partial charge in [0.1, 0.15) is 18.3 Å². The molecule has 0 unspecified atom stereocenters. The van der Waals surface area contributed by atoms with Gasteiger partial charge in [-0.1, -0.05) is 45.4 Å². The van der Waals surface area contributed by atoms with Crippen LogP contribution in [0.25, 0.3) is 0 Å². The predicted octanol–water partition coefficient (Wildman–Crippen LogP) is -0.711. The summed E-state index contributed by atoms with van der Waals surface area (Å²) in [5, 5.41) is 48.8. The van der Waals surface area contributed by atoms with Crippen LogP contribution in [0.3, 0.4) is 0 Å². The second kappa shape index (κ2) is 12.8. The minimum absolute atomic E-state index is 0.384. The van der Waals surface area contributed by atoms with Gasteiger partial charge in [0.25, 0.3) is 5.91 Å². The predicted molar refractivity (Wildman–Crippen MR) is 82.1 cm³/mol. The Kier molecular flexibility index (Phi) is 12.4. The van der Waals surface area contributed by atoms with Crippen molar-refractivity contribution in [1.29, 1.82) is 0 Å². The van der Waals surface area contributed by atoms with Gasteiger partial charge in [0.15, 0.2) is 6.10 Å². The Labute approximate surface area is 132 Å². The third kappa shape index (κ3) is 8.65. The van der Waals surface area contributed by atoms with Crippen LogP contribution in [0.1, 0.15) is 51.9 Å². The molecule has 0 aliphatic carbocycles. The van der Waals surface area contributed by atoms with Crippen molar-refractivity contribution in [1.82, 2.24) is 5.32 Å². The minimum Gasteiger partial charge on any atom is -0.394 e. The van der Waals surface area contributed by atoms with E-state index in [9.17, 15) is 20.1 Å². The van der Waals surface area contributed by atoms with E-state index in [2.05, 4.69) is 12.2 Å². The Morgan fingerprint density at radius 3 is 2.00 bits per heavy atom. The van der Waals surface area contributed by atoms with E-state index in [-0.39, 0.29) is 0 Å². The number of hydrogen-bond acceptors (Lipinski definition) is 6. The third-order valence-corrected chi connectivity index (χ3v) is 3.60. The highest BCUT2D eigenvalue weighted by molar-refractivity contribution is 5.81. The molecule has 7 heteroatoms. The van der Waals surface area contributed by atoms with E-state index in [4.69, 9.17) is 10.2 Å². The van der Waals surface area contributed by atoms with Crippen molar-refractivity contribution in [2.24, 2.45) is 0 Å². The molecule has 0 heterocycles. The summed E-state index contributed by atoms with van der Waals surface area (Å²) in [6.07, 6.45) is 0.601. The zero-order chi connectivity index (χ0) is 17.0. The fourth-order valence-electron chi connectivity index (χ4n) is 2.08. The minimum atomic E-state index is -1.85. The Morgan fingerprint density at radius 2 is 1.45 bits per heavy atom. The van der Waals surface area contributed by atoms with E-state index in [1.807, 2.05) is 0 Å². The van der Waals surface area contributed by atoms with E-state index >= 15 is 0 Å². The topological polar surface area (TPSA) is 130 Å². The van der Waals surface area contributed by atoms with Gasteiger partial charge in [0.05, 0.1) is 6.61 Å². The molecule has 0 aromatic rings. The van der Waals surface area contributed by atoms with Crippen molar-refractivity contribution in [2.75, 3.05) is 13.2 Å². The molecule has 1 amide bonds. The van der Waals surface area contributed by atoms with Crippen LogP contribution in [-0.2, 0) is 4.79 Å². The molecular formula is C15H31NO6. The molecule has 4 atom stereocenters. The zero-order valence-electron chi connectivity index (χ0n) is 13.3. The van der Waals surface area contributed by atoms with Crippen molar-refractivity contribution in [3.63, 3.8) is 0 Å². The monoisotopic (exact) mass is 321 g/mol. The van der Waals surface area contributed by atoms with Crippen molar-refractivity contribution in [3.8, 4) is 0 Å². The van der Waals surface area contributed by atoms with Crippen molar-refractivity contribution in [2.45, 2.75) is 76.3 Å². The van der Waals surface area contributed by atoms with Crippen LogP contribution in [0.2, 0.25) is 0 Å². The molecule has 0 aliphatic rings. The fraction of sp³-hybridized carbons (Fsp3) is 0.933. The largest absolute Gasteiger partial charge is 0.394 e. The van der Waals surface area contributed by atoms with Crippen LogP contribution in [0, 0.1) is 0 Å². The first-order valence-corrected chi connectivity index (χ1v) is 8.06. The van der Waals surface area contributed by atoms with Crippen LogP contribution in [0.15, 0.2) is 0 Å². The fourth-order valence-corrected chi connectivity index (χ4v) is 2.08. The van der Waals surface area contributed by atoms with Gasteiger partial charge in [-0.25, -0.2) is 0 Å². The molecular weight excluding hydrogens is 290 g/mol. The van der Waals surface area contributed by atoms with Gasteiger partial charge >= 0.3 is 0 Å². The lowest BCUT2D eigenvalue weighted by Crippen LogP contribution is -2.51. The van der Waals surface area contributed by atoms with Crippen molar-refractivity contribution >= 4 is 5.91 Å². The van der Waals surface area contributed by atoms with Gasteiger partial charge in [0, 0.05) is 6.54 Å². The van der Waals surface area contributed by atoms with Gasteiger partial charge in [0.2, 0.25) is 0 Å². The molecule has 0 radical (unpaired) electrons. The first-order chi connectivity index (χ1) is 10.5. The number of aliphatic hydroxyl groups excluding tert-OH is 5. The van der Waals surface area contributed by atoms with Crippen LogP contribution in [-0.4, -0.2) is 69.0 Å². The maximum absolute atomic E-state index is 11.6. The summed E-state index contributed by atoms with van der Waals surface area (Å²) in [5.41, 5.74) is 0. The normalized spacial score (nSPS) is 16.8. The van der Waals surface area contributed by atoms with Crippen molar-refractivity contribution < 1.29 is 30.3 Å². The zero-order valence-corrected chi connectivity index (χ0v) is 13.3. The number of unbranched alkanes of at least 4 members (excludes halogenated alkanes) is 6. The van der Waals surface area contributed by atoms with E-state index < -0.39 is 36.9 Å². The van der Waals surface area contributed by atoms with E-state index in [1.165, 1.54) is 25.7 Å². The van der Waals surface area contributed by atoms with Gasteiger partial charge in [-0.15, -0.1) is 0 Å². The summed E-state index contributed by atoms with van der Waals surface area (Å²) in [6, 6.07) is 0. The van der Waals surface area contributed by atoms with Crippen LogP contribution >= 0.6 is 0 Å². The van der Waals surface area contributed by atoms with Gasteiger partial charge in [-0.3, -0.25) is 4.79 Å². The summed E-state index contributed by atoms with van der Waals surface area (Å²) in [4.78, 5) is 11.6. The maximum atomic E-state index is 11.6. The molecule has 0 spiro atoms. The molecule has 0 aromatic heterocycles. The molecule has 0 aromatic carbocycles. The van der Waals surface area contributed by atoms with E-state index in [0.29, 0.717) is 6.54 Å². The molecule has 0 bridgehead atoms. The number of carbonyl (C=O) groups is 1. The van der Waals surface area contributed by atoms with Gasteiger partial charge in [-0.2, -0.15) is 0 Å². The lowest BCUT2D eigenvalue weighted by molar-refractivity contribution is -0.148. The van der Waals surface area contributed by atoms with Crippen molar-refractivity contribution in [3.05, 3.63) is 0 Å². The smallest absolute Gasteiger partial charge is 0.251 e. The first-order valence-electron chi connectivity index (χ1n) is 8.06. The number of hydrogen-bond donors (Lipinski definition) is 6.